The highest BCUT2D eigenvalue weighted by molar-refractivity contribution is 7.99. The predicted molar refractivity (Wildman–Crippen MR) is 150 cm³/mol. The van der Waals surface area contributed by atoms with Crippen molar-refractivity contribution in [3.8, 4) is 6.07 Å². The van der Waals surface area contributed by atoms with E-state index in [0.29, 0.717) is 23.5 Å². The van der Waals surface area contributed by atoms with Gasteiger partial charge < -0.3 is 15.0 Å². The molecule has 1 aliphatic carbocycles. The van der Waals surface area contributed by atoms with Gasteiger partial charge in [-0.2, -0.15) is 5.26 Å². The van der Waals surface area contributed by atoms with Gasteiger partial charge in [0.25, 0.3) is 5.91 Å². The van der Waals surface area contributed by atoms with Crippen LogP contribution in [0.15, 0.2) is 46.2 Å². The van der Waals surface area contributed by atoms with Gasteiger partial charge >= 0.3 is 0 Å². The maximum absolute atomic E-state index is 15.3. The van der Waals surface area contributed by atoms with E-state index in [1.165, 1.54) is 18.2 Å². The zero-order chi connectivity index (χ0) is 27.5. The van der Waals surface area contributed by atoms with Crippen molar-refractivity contribution in [2.45, 2.75) is 66.4 Å². The molecular formula is C28H36F2N4O2S2. The molecule has 2 aromatic carbocycles. The Morgan fingerprint density at radius 3 is 2.42 bits per heavy atom. The van der Waals surface area contributed by atoms with Crippen LogP contribution < -0.4 is 10.0 Å². The zero-order valence-corrected chi connectivity index (χ0v) is 23.8. The number of amides is 1. The van der Waals surface area contributed by atoms with Gasteiger partial charge in [0.05, 0.1) is 11.3 Å². The van der Waals surface area contributed by atoms with Gasteiger partial charge in [0.1, 0.15) is 23.3 Å². The first-order chi connectivity index (χ1) is 18.3. The van der Waals surface area contributed by atoms with E-state index in [1.807, 2.05) is 19.0 Å². The molecule has 0 radical (unpaired) electrons. The van der Waals surface area contributed by atoms with E-state index in [2.05, 4.69) is 16.1 Å². The Bertz CT molecular complexity index is 1100. The Labute approximate surface area is 233 Å². The average Bonchev–Trinajstić information content (AvgIpc) is 3.17. The topological polar surface area (TPSA) is 77.4 Å². The van der Waals surface area contributed by atoms with Crippen LogP contribution in [0.3, 0.4) is 0 Å². The summed E-state index contributed by atoms with van der Waals surface area (Å²) in [5.74, 6) is -0.471. The third-order valence-electron chi connectivity index (χ3n) is 6.70. The van der Waals surface area contributed by atoms with E-state index >= 15 is 4.39 Å². The molecule has 38 heavy (non-hydrogen) atoms. The molecular weight excluding hydrogens is 526 g/mol. The molecule has 1 fully saturated rings. The molecule has 3 rings (SSSR count). The van der Waals surface area contributed by atoms with Crippen molar-refractivity contribution in [1.29, 1.82) is 5.26 Å². The van der Waals surface area contributed by atoms with E-state index in [1.54, 1.807) is 37.1 Å². The Balaban J connectivity index is 1.71. The number of thioether (sulfide) groups is 1. The summed E-state index contributed by atoms with van der Waals surface area (Å²) < 4.78 is 37.1. The lowest BCUT2D eigenvalue weighted by Crippen LogP contribution is -2.45. The summed E-state index contributed by atoms with van der Waals surface area (Å²) in [5, 5.41) is 13.0. The number of halogens is 2. The summed E-state index contributed by atoms with van der Waals surface area (Å²) in [7, 11) is 5.49. The third-order valence-corrected chi connectivity index (χ3v) is 8.63. The smallest absolute Gasteiger partial charge is 0.262 e. The minimum absolute atomic E-state index is 0.135. The Hall–Kier alpha value is -2.32. The van der Waals surface area contributed by atoms with Crippen LogP contribution >= 0.6 is 23.7 Å². The SMILES string of the molecule is COC1(C(=O)NSc2cc(F)c(NC(CCN(C)C)CSc3ccc(F)cc3)c(C#N)c2)CCCCCC1. The van der Waals surface area contributed by atoms with E-state index < -0.39 is 11.4 Å². The minimum atomic E-state index is -0.872. The number of ether oxygens (including phenoxy) is 1. The van der Waals surface area contributed by atoms with Crippen molar-refractivity contribution in [2.75, 3.05) is 38.8 Å². The second-order valence-corrected chi connectivity index (χ2v) is 11.8. The lowest BCUT2D eigenvalue weighted by molar-refractivity contribution is -0.143. The molecule has 1 unspecified atom stereocenters. The zero-order valence-electron chi connectivity index (χ0n) is 22.2. The fraction of sp³-hybridized carbons (Fsp3) is 0.500. The number of rotatable bonds is 12. The predicted octanol–water partition coefficient (Wildman–Crippen LogP) is 6.22. The highest BCUT2D eigenvalue weighted by Crippen LogP contribution is 2.33. The van der Waals surface area contributed by atoms with Crippen molar-refractivity contribution in [2.24, 2.45) is 0 Å². The van der Waals surface area contributed by atoms with Crippen LogP contribution in [-0.4, -0.2) is 56.0 Å². The number of carbonyl (C=O) groups excluding carboxylic acids is 1. The van der Waals surface area contributed by atoms with Crippen LogP contribution in [0.4, 0.5) is 14.5 Å². The first kappa shape index (κ1) is 30.2. The molecule has 1 aliphatic rings. The first-order valence-corrected chi connectivity index (χ1v) is 14.6. The fourth-order valence-electron chi connectivity index (χ4n) is 4.44. The highest BCUT2D eigenvalue weighted by Gasteiger charge is 2.38. The molecule has 2 aromatic rings. The van der Waals surface area contributed by atoms with Crippen molar-refractivity contribution in [1.82, 2.24) is 9.62 Å². The molecule has 0 bridgehead atoms. The summed E-state index contributed by atoms with van der Waals surface area (Å²) >= 11 is 2.54. The van der Waals surface area contributed by atoms with Crippen LogP contribution in [0.25, 0.3) is 0 Å². The van der Waals surface area contributed by atoms with E-state index in [0.717, 1.165) is 55.5 Å². The Morgan fingerprint density at radius 2 is 1.82 bits per heavy atom. The van der Waals surface area contributed by atoms with Crippen LogP contribution in [0, 0.1) is 23.0 Å². The standard InChI is InChI=1S/C28H36F2N4O2S2/c1-34(2)15-12-22(19-37-23-10-8-21(29)9-11-23)32-26-20(18-31)16-24(17-25(26)30)38-33-27(35)28(36-3)13-6-4-5-7-14-28/h8-11,16-17,22,32H,4-7,12-15,19H2,1-3H3,(H,33,35). The van der Waals surface area contributed by atoms with Crippen LogP contribution in [-0.2, 0) is 9.53 Å². The van der Waals surface area contributed by atoms with E-state index in [-0.39, 0.29) is 29.0 Å². The molecule has 0 aromatic heterocycles. The van der Waals surface area contributed by atoms with Gasteiger partial charge in [-0.1, -0.05) is 25.7 Å². The molecule has 206 valence electrons. The van der Waals surface area contributed by atoms with E-state index in [9.17, 15) is 14.4 Å². The summed E-state index contributed by atoms with van der Waals surface area (Å²) in [6.07, 6.45) is 6.03. The number of benzene rings is 2. The van der Waals surface area contributed by atoms with Crippen molar-refractivity contribution >= 4 is 35.3 Å². The molecule has 0 aliphatic heterocycles. The van der Waals surface area contributed by atoms with E-state index in [4.69, 9.17) is 4.74 Å². The maximum atomic E-state index is 15.3. The van der Waals surface area contributed by atoms with Crippen molar-refractivity contribution in [3.05, 3.63) is 53.6 Å². The summed E-state index contributed by atoms with van der Waals surface area (Å²) in [5.41, 5.74) is -0.563. The fourth-order valence-corrected chi connectivity index (χ4v) is 6.15. The third kappa shape index (κ3) is 8.60. The minimum Gasteiger partial charge on any atom is -0.378 e. The average molecular weight is 563 g/mol. The number of nitrogens with one attached hydrogen (secondary N) is 2. The number of anilines is 1. The summed E-state index contributed by atoms with van der Waals surface area (Å²) in [4.78, 5) is 16.4. The highest BCUT2D eigenvalue weighted by atomic mass is 32.2. The van der Waals surface area contributed by atoms with Crippen LogP contribution in [0.2, 0.25) is 0 Å². The quantitative estimate of drug-likeness (QED) is 0.181. The molecule has 10 heteroatoms. The largest absolute Gasteiger partial charge is 0.378 e. The first-order valence-electron chi connectivity index (χ1n) is 12.8. The maximum Gasteiger partial charge on any atom is 0.262 e. The van der Waals surface area contributed by atoms with Crippen molar-refractivity contribution in [3.63, 3.8) is 0 Å². The summed E-state index contributed by atoms with van der Waals surface area (Å²) in [6.45, 7) is 0.770. The molecule has 0 saturated heterocycles. The van der Waals surface area contributed by atoms with Gasteiger partial charge in [0.15, 0.2) is 0 Å². The normalized spacial score (nSPS) is 15.9. The molecule has 1 atom stereocenters. The monoisotopic (exact) mass is 562 g/mol. The number of nitrogens with zero attached hydrogens (tertiary/aromatic N) is 2. The second-order valence-electron chi connectivity index (χ2n) is 9.78. The van der Waals surface area contributed by atoms with Gasteiger partial charge in [0, 0.05) is 28.7 Å². The van der Waals surface area contributed by atoms with Crippen LogP contribution in [0.1, 0.15) is 50.5 Å². The van der Waals surface area contributed by atoms with Gasteiger partial charge in [0.2, 0.25) is 0 Å². The molecule has 1 amide bonds. The number of hydrogen-bond donors (Lipinski definition) is 2. The lowest BCUT2D eigenvalue weighted by atomic mass is 9.93. The molecule has 1 saturated carbocycles. The molecule has 2 N–H and O–H groups in total. The summed E-state index contributed by atoms with van der Waals surface area (Å²) in [6, 6.07) is 11.1. The van der Waals surface area contributed by atoms with Gasteiger partial charge in [-0.3, -0.25) is 9.52 Å². The number of carbonyl (C=O) groups is 1. The Morgan fingerprint density at radius 1 is 1.13 bits per heavy atom. The van der Waals surface area contributed by atoms with Crippen molar-refractivity contribution < 1.29 is 18.3 Å². The number of methoxy groups -OCH3 is 1. The lowest BCUT2D eigenvalue weighted by Gasteiger charge is -2.29. The number of nitriles is 1. The molecule has 0 spiro atoms. The van der Waals surface area contributed by atoms with Gasteiger partial charge in [-0.25, -0.2) is 8.78 Å². The van der Waals surface area contributed by atoms with Gasteiger partial charge in [-0.15, -0.1) is 11.8 Å². The van der Waals surface area contributed by atoms with Gasteiger partial charge in [-0.05, 0) is 88.2 Å². The second kappa shape index (κ2) is 14.7. The Kier molecular flexibility index (Phi) is 11.7. The number of hydrogen-bond acceptors (Lipinski definition) is 7. The molecule has 0 heterocycles. The molecule has 6 nitrogen and oxygen atoms in total. The van der Waals surface area contributed by atoms with Crippen LogP contribution in [0.5, 0.6) is 0 Å².